The van der Waals surface area contributed by atoms with Crippen LogP contribution in [0.3, 0.4) is 0 Å². The molecule has 106 valence electrons. The van der Waals surface area contributed by atoms with E-state index in [4.69, 9.17) is 5.73 Å². The molecule has 0 aromatic carbocycles. The summed E-state index contributed by atoms with van der Waals surface area (Å²) >= 11 is 0. The highest BCUT2D eigenvalue weighted by molar-refractivity contribution is 5.78. The summed E-state index contributed by atoms with van der Waals surface area (Å²) in [5.41, 5.74) is 5.56. The van der Waals surface area contributed by atoms with Crippen LogP contribution in [0.5, 0.6) is 0 Å². The van der Waals surface area contributed by atoms with E-state index in [1.807, 2.05) is 0 Å². The van der Waals surface area contributed by atoms with Crippen molar-refractivity contribution in [2.75, 3.05) is 19.6 Å². The molecule has 4 nitrogen and oxygen atoms in total. The second-order valence-electron chi connectivity index (χ2n) is 5.28. The summed E-state index contributed by atoms with van der Waals surface area (Å²) in [4.78, 5) is 14.3. The van der Waals surface area contributed by atoms with Gasteiger partial charge in [0.05, 0.1) is 6.54 Å². The standard InChI is InChI=1S/C14H29N3O/c1-3-12(4-2)16-14(18)11-17-10-6-8-13(17)7-5-9-15/h12-13H,3-11,15H2,1-2H3,(H,16,18). The number of hydrogen-bond donors (Lipinski definition) is 2. The number of likely N-dealkylation sites (tertiary alicyclic amines) is 1. The van der Waals surface area contributed by atoms with Crippen LogP contribution in [0.25, 0.3) is 0 Å². The molecule has 0 bridgehead atoms. The van der Waals surface area contributed by atoms with Gasteiger partial charge in [0.25, 0.3) is 0 Å². The molecule has 0 spiro atoms. The second kappa shape index (κ2) is 8.48. The van der Waals surface area contributed by atoms with Crippen LogP contribution < -0.4 is 11.1 Å². The van der Waals surface area contributed by atoms with E-state index in [1.54, 1.807) is 0 Å². The molecule has 1 atom stereocenters. The van der Waals surface area contributed by atoms with Gasteiger partial charge < -0.3 is 11.1 Å². The Hall–Kier alpha value is -0.610. The second-order valence-corrected chi connectivity index (χ2v) is 5.28. The van der Waals surface area contributed by atoms with Crippen molar-refractivity contribution in [3.8, 4) is 0 Å². The highest BCUT2D eigenvalue weighted by atomic mass is 16.2. The molecule has 18 heavy (non-hydrogen) atoms. The van der Waals surface area contributed by atoms with Gasteiger partial charge in [-0.2, -0.15) is 0 Å². The smallest absolute Gasteiger partial charge is 0.234 e. The third-order valence-corrected chi connectivity index (χ3v) is 3.94. The van der Waals surface area contributed by atoms with Crippen molar-refractivity contribution in [2.24, 2.45) is 5.73 Å². The highest BCUT2D eigenvalue weighted by Crippen LogP contribution is 2.20. The highest BCUT2D eigenvalue weighted by Gasteiger charge is 2.25. The number of nitrogens with one attached hydrogen (secondary N) is 1. The number of carbonyl (C=O) groups excluding carboxylic acids is 1. The van der Waals surface area contributed by atoms with Gasteiger partial charge in [0, 0.05) is 12.1 Å². The van der Waals surface area contributed by atoms with Crippen molar-refractivity contribution in [3.63, 3.8) is 0 Å². The van der Waals surface area contributed by atoms with Crippen LogP contribution in [0.1, 0.15) is 52.4 Å². The molecule has 1 heterocycles. The number of amides is 1. The fourth-order valence-electron chi connectivity index (χ4n) is 2.73. The molecule has 3 N–H and O–H groups in total. The SMILES string of the molecule is CCC(CC)NC(=O)CN1CCCC1CCCN. The molecule has 0 radical (unpaired) electrons. The maximum Gasteiger partial charge on any atom is 0.234 e. The van der Waals surface area contributed by atoms with E-state index in [2.05, 4.69) is 24.1 Å². The zero-order valence-corrected chi connectivity index (χ0v) is 12.0. The average molecular weight is 255 g/mol. The fourth-order valence-corrected chi connectivity index (χ4v) is 2.73. The van der Waals surface area contributed by atoms with E-state index in [1.165, 1.54) is 12.8 Å². The minimum atomic E-state index is 0.184. The molecule has 1 aliphatic rings. The van der Waals surface area contributed by atoms with Gasteiger partial charge in [0.1, 0.15) is 0 Å². The molecule has 4 heteroatoms. The van der Waals surface area contributed by atoms with Gasteiger partial charge in [-0.15, -0.1) is 0 Å². The molecule has 1 fully saturated rings. The van der Waals surface area contributed by atoms with Crippen molar-refractivity contribution in [3.05, 3.63) is 0 Å². The Kier molecular flexibility index (Phi) is 7.28. The van der Waals surface area contributed by atoms with Gasteiger partial charge in [-0.05, 0) is 51.6 Å². The molecule has 1 aliphatic heterocycles. The largest absolute Gasteiger partial charge is 0.352 e. The first kappa shape index (κ1) is 15.4. The van der Waals surface area contributed by atoms with Crippen molar-refractivity contribution < 1.29 is 4.79 Å². The van der Waals surface area contributed by atoms with E-state index < -0.39 is 0 Å². The number of carbonyl (C=O) groups is 1. The molecule has 0 aliphatic carbocycles. The number of hydrogen-bond acceptors (Lipinski definition) is 3. The van der Waals surface area contributed by atoms with Gasteiger partial charge in [-0.25, -0.2) is 0 Å². The van der Waals surface area contributed by atoms with Crippen LogP contribution in [-0.2, 0) is 4.79 Å². The van der Waals surface area contributed by atoms with Gasteiger partial charge in [-0.3, -0.25) is 9.69 Å². The molecular weight excluding hydrogens is 226 g/mol. The van der Waals surface area contributed by atoms with Crippen LogP contribution >= 0.6 is 0 Å². The summed E-state index contributed by atoms with van der Waals surface area (Å²) in [6, 6.07) is 0.906. The van der Waals surface area contributed by atoms with Crippen LogP contribution in [-0.4, -0.2) is 42.5 Å². The Bertz CT molecular complexity index is 241. The van der Waals surface area contributed by atoms with Gasteiger partial charge >= 0.3 is 0 Å². The lowest BCUT2D eigenvalue weighted by atomic mass is 10.1. The Labute approximate surface area is 111 Å². The van der Waals surface area contributed by atoms with Crippen molar-refractivity contribution in [1.82, 2.24) is 10.2 Å². The topological polar surface area (TPSA) is 58.4 Å². The van der Waals surface area contributed by atoms with Crippen molar-refractivity contribution >= 4 is 5.91 Å². The monoisotopic (exact) mass is 255 g/mol. The lowest BCUT2D eigenvalue weighted by Gasteiger charge is -2.25. The maximum atomic E-state index is 12.0. The van der Waals surface area contributed by atoms with Gasteiger partial charge in [-0.1, -0.05) is 13.8 Å². The average Bonchev–Trinajstić information content (AvgIpc) is 2.80. The zero-order valence-electron chi connectivity index (χ0n) is 12.0. The number of rotatable bonds is 8. The minimum absolute atomic E-state index is 0.184. The van der Waals surface area contributed by atoms with Crippen LogP contribution in [0.4, 0.5) is 0 Å². The Morgan fingerprint density at radius 1 is 1.44 bits per heavy atom. The molecule has 1 unspecified atom stereocenters. The van der Waals surface area contributed by atoms with E-state index in [0.717, 1.165) is 38.8 Å². The molecular formula is C14H29N3O. The van der Waals surface area contributed by atoms with E-state index in [9.17, 15) is 4.79 Å². The summed E-state index contributed by atoms with van der Waals surface area (Å²) in [6.07, 6.45) is 6.66. The molecule has 1 saturated heterocycles. The van der Waals surface area contributed by atoms with E-state index in [0.29, 0.717) is 18.6 Å². The van der Waals surface area contributed by atoms with Crippen LogP contribution in [0, 0.1) is 0 Å². The number of nitrogens with zero attached hydrogens (tertiary/aromatic N) is 1. The van der Waals surface area contributed by atoms with Gasteiger partial charge in [0.2, 0.25) is 5.91 Å². The molecule has 0 aromatic heterocycles. The molecule has 0 saturated carbocycles. The Morgan fingerprint density at radius 2 is 2.17 bits per heavy atom. The first-order valence-corrected chi connectivity index (χ1v) is 7.44. The lowest BCUT2D eigenvalue weighted by Crippen LogP contribution is -2.43. The molecule has 1 rings (SSSR count). The van der Waals surface area contributed by atoms with Gasteiger partial charge in [0.15, 0.2) is 0 Å². The first-order chi connectivity index (χ1) is 8.71. The van der Waals surface area contributed by atoms with E-state index in [-0.39, 0.29) is 5.91 Å². The fraction of sp³-hybridized carbons (Fsp3) is 0.929. The Balaban J connectivity index is 2.33. The van der Waals surface area contributed by atoms with E-state index >= 15 is 0 Å². The maximum absolute atomic E-state index is 12.0. The van der Waals surface area contributed by atoms with Crippen molar-refractivity contribution in [1.29, 1.82) is 0 Å². The third kappa shape index (κ3) is 4.94. The Morgan fingerprint density at radius 3 is 2.78 bits per heavy atom. The zero-order chi connectivity index (χ0) is 13.4. The molecule has 1 amide bonds. The lowest BCUT2D eigenvalue weighted by molar-refractivity contribution is -0.123. The first-order valence-electron chi connectivity index (χ1n) is 7.44. The predicted molar refractivity (Wildman–Crippen MR) is 75.4 cm³/mol. The summed E-state index contributed by atoms with van der Waals surface area (Å²) in [6.45, 7) is 6.62. The third-order valence-electron chi connectivity index (χ3n) is 3.94. The summed E-state index contributed by atoms with van der Waals surface area (Å²) < 4.78 is 0. The normalized spacial score (nSPS) is 20.6. The quantitative estimate of drug-likeness (QED) is 0.691. The number of nitrogens with two attached hydrogens (primary N) is 1. The minimum Gasteiger partial charge on any atom is -0.352 e. The van der Waals surface area contributed by atoms with Crippen LogP contribution in [0.2, 0.25) is 0 Å². The summed E-state index contributed by atoms with van der Waals surface area (Å²) in [5.74, 6) is 0.184. The predicted octanol–water partition coefficient (Wildman–Crippen LogP) is 1.49. The van der Waals surface area contributed by atoms with Crippen LogP contribution in [0.15, 0.2) is 0 Å². The molecule has 0 aromatic rings. The summed E-state index contributed by atoms with van der Waals surface area (Å²) in [5, 5.41) is 3.11. The summed E-state index contributed by atoms with van der Waals surface area (Å²) in [7, 11) is 0. The van der Waals surface area contributed by atoms with Crippen molar-refractivity contribution in [2.45, 2.75) is 64.5 Å².